The van der Waals surface area contributed by atoms with Crippen molar-refractivity contribution in [2.45, 2.75) is 39.2 Å². The Morgan fingerprint density at radius 2 is 1.73 bits per heavy atom. The van der Waals surface area contributed by atoms with Crippen molar-refractivity contribution in [3.63, 3.8) is 0 Å². The molecule has 1 heterocycles. The first-order chi connectivity index (χ1) is 12.7. The van der Waals surface area contributed by atoms with E-state index in [9.17, 15) is 5.11 Å². The van der Waals surface area contributed by atoms with E-state index in [1.54, 1.807) is 0 Å². The summed E-state index contributed by atoms with van der Waals surface area (Å²) in [4.78, 5) is 7.26. The molecule has 1 aliphatic heterocycles. The highest BCUT2D eigenvalue weighted by Gasteiger charge is 2.35. The number of rotatable bonds is 5. The smallest absolute Gasteiger partial charge is 0.200 e. The van der Waals surface area contributed by atoms with Gasteiger partial charge in [-0.15, -0.1) is 0 Å². The van der Waals surface area contributed by atoms with Crippen molar-refractivity contribution in [2.24, 2.45) is 16.8 Å². The van der Waals surface area contributed by atoms with Crippen LogP contribution in [0.2, 0.25) is 0 Å². The van der Waals surface area contributed by atoms with E-state index >= 15 is 0 Å². The molecule has 1 aromatic rings. The van der Waals surface area contributed by atoms with E-state index in [2.05, 4.69) is 17.1 Å². The molecule has 0 amide bonds. The van der Waals surface area contributed by atoms with Crippen molar-refractivity contribution < 1.29 is 14.6 Å². The van der Waals surface area contributed by atoms with Gasteiger partial charge in [0.2, 0.25) is 5.75 Å². The molecule has 2 aliphatic rings. The molecule has 2 unspecified atom stereocenters. The molecule has 26 heavy (non-hydrogen) atoms. The average Bonchev–Trinajstić information content (AvgIpc) is 3.09. The highest BCUT2D eigenvalue weighted by molar-refractivity contribution is 5.80. The van der Waals surface area contributed by atoms with Crippen LogP contribution < -0.4 is 14.8 Å². The van der Waals surface area contributed by atoms with E-state index in [1.165, 1.54) is 39.9 Å². The number of fused-ring (bicyclic) bond motifs is 1. The molecule has 1 aliphatic carbocycles. The average molecular weight is 361 g/mol. The van der Waals surface area contributed by atoms with Gasteiger partial charge in [0.1, 0.15) is 0 Å². The topological polar surface area (TPSA) is 66.3 Å². The van der Waals surface area contributed by atoms with Crippen molar-refractivity contribution in [3.05, 3.63) is 17.7 Å². The number of hydrogen-bond donors (Lipinski definition) is 2. The maximum Gasteiger partial charge on any atom is 0.200 e. The highest BCUT2D eigenvalue weighted by atomic mass is 16.5. The number of ether oxygens (including phenoxy) is 2. The van der Waals surface area contributed by atoms with Crippen LogP contribution in [0.1, 0.15) is 38.2 Å². The van der Waals surface area contributed by atoms with Crippen LogP contribution in [0.25, 0.3) is 0 Å². The van der Waals surface area contributed by atoms with E-state index in [1.807, 2.05) is 12.1 Å². The minimum Gasteiger partial charge on any atom is -0.502 e. The van der Waals surface area contributed by atoms with E-state index in [0.29, 0.717) is 18.0 Å². The molecule has 144 valence electrons. The van der Waals surface area contributed by atoms with Crippen molar-refractivity contribution in [1.82, 2.24) is 10.2 Å². The molecule has 1 saturated heterocycles. The number of aliphatic imine (C=N–C) groups is 1. The maximum absolute atomic E-state index is 10.1. The van der Waals surface area contributed by atoms with Crippen molar-refractivity contribution in [3.8, 4) is 17.2 Å². The van der Waals surface area contributed by atoms with Gasteiger partial charge in [0.05, 0.1) is 20.8 Å². The molecule has 3 rings (SSSR count). The van der Waals surface area contributed by atoms with Crippen LogP contribution in [0, 0.1) is 11.8 Å². The summed E-state index contributed by atoms with van der Waals surface area (Å²) in [7, 11) is 3.08. The number of guanidine groups is 1. The van der Waals surface area contributed by atoms with Crippen molar-refractivity contribution in [1.29, 1.82) is 0 Å². The number of likely N-dealkylation sites (tertiary alicyclic amines) is 1. The Balaban J connectivity index is 1.75. The third-order valence-corrected chi connectivity index (χ3v) is 5.56. The van der Waals surface area contributed by atoms with E-state index < -0.39 is 0 Å². The number of hydrogen-bond acceptors (Lipinski definition) is 4. The molecule has 0 spiro atoms. The van der Waals surface area contributed by atoms with E-state index in [0.717, 1.165) is 43.0 Å². The van der Waals surface area contributed by atoms with Crippen LogP contribution in [0.5, 0.6) is 17.2 Å². The van der Waals surface area contributed by atoms with Gasteiger partial charge in [-0.25, -0.2) is 4.99 Å². The standard InChI is InChI=1S/C20H31N3O3/c1-4-21-20(23-12-15-7-5-6-8-16(15)13-23)22-11-14-9-17(25-2)19(24)18(10-14)26-3/h9-10,15-16,24H,4-8,11-13H2,1-3H3,(H,21,22). The first-order valence-corrected chi connectivity index (χ1v) is 9.63. The Morgan fingerprint density at radius 3 is 2.23 bits per heavy atom. The second-order valence-corrected chi connectivity index (χ2v) is 7.23. The molecule has 0 radical (unpaired) electrons. The van der Waals surface area contributed by atoms with Gasteiger partial charge in [-0.2, -0.15) is 0 Å². The monoisotopic (exact) mass is 361 g/mol. The number of benzene rings is 1. The predicted octanol–water partition coefficient (Wildman–Crippen LogP) is 3.00. The number of methoxy groups -OCH3 is 2. The molecule has 2 atom stereocenters. The van der Waals surface area contributed by atoms with Gasteiger partial charge >= 0.3 is 0 Å². The molecule has 1 saturated carbocycles. The lowest BCUT2D eigenvalue weighted by atomic mass is 9.82. The minimum absolute atomic E-state index is 0.0262. The zero-order valence-corrected chi connectivity index (χ0v) is 16.1. The SMILES string of the molecule is CCNC(=NCc1cc(OC)c(O)c(OC)c1)N1CC2CCCCC2C1. The molecule has 2 N–H and O–H groups in total. The highest BCUT2D eigenvalue weighted by Crippen LogP contribution is 2.38. The molecule has 0 bridgehead atoms. The lowest BCUT2D eigenvalue weighted by molar-refractivity contribution is 0.299. The second kappa shape index (κ2) is 8.52. The minimum atomic E-state index is 0.0262. The number of nitrogens with one attached hydrogen (secondary N) is 1. The van der Waals surface area contributed by atoms with Gasteiger partial charge in [-0.3, -0.25) is 0 Å². The lowest BCUT2D eigenvalue weighted by Crippen LogP contribution is -2.40. The lowest BCUT2D eigenvalue weighted by Gasteiger charge is -2.22. The number of aromatic hydroxyl groups is 1. The number of phenolic OH excluding ortho intramolecular Hbond substituents is 1. The van der Waals surface area contributed by atoms with Gasteiger partial charge in [0.15, 0.2) is 17.5 Å². The Morgan fingerprint density at radius 1 is 1.15 bits per heavy atom. The van der Waals surface area contributed by atoms with E-state index in [4.69, 9.17) is 14.5 Å². The third kappa shape index (κ3) is 4.00. The molecule has 6 nitrogen and oxygen atoms in total. The zero-order valence-electron chi connectivity index (χ0n) is 16.1. The summed E-state index contributed by atoms with van der Waals surface area (Å²) in [5.41, 5.74) is 0.948. The van der Waals surface area contributed by atoms with Crippen LogP contribution in [0.4, 0.5) is 0 Å². The first kappa shape index (κ1) is 18.7. The molecule has 1 aromatic carbocycles. The molecular weight excluding hydrogens is 330 g/mol. The Bertz CT molecular complexity index is 608. The van der Waals surface area contributed by atoms with Crippen LogP contribution in [-0.4, -0.2) is 49.8 Å². The predicted molar refractivity (Wildman–Crippen MR) is 103 cm³/mol. The van der Waals surface area contributed by atoms with Crippen molar-refractivity contribution >= 4 is 5.96 Å². The van der Waals surface area contributed by atoms with Gasteiger partial charge in [0.25, 0.3) is 0 Å². The maximum atomic E-state index is 10.1. The van der Waals surface area contributed by atoms with Gasteiger partial charge in [0, 0.05) is 19.6 Å². The van der Waals surface area contributed by atoms with Crippen LogP contribution >= 0.6 is 0 Å². The van der Waals surface area contributed by atoms with Crippen LogP contribution in [0.3, 0.4) is 0 Å². The largest absolute Gasteiger partial charge is 0.502 e. The van der Waals surface area contributed by atoms with Crippen LogP contribution in [-0.2, 0) is 6.54 Å². The quantitative estimate of drug-likeness (QED) is 0.623. The first-order valence-electron chi connectivity index (χ1n) is 9.63. The third-order valence-electron chi connectivity index (χ3n) is 5.56. The van der Waals surface area contributed by atoms with Gasteiger partial charge in [-0.05, 0) is 49.3 Å². The Kier molecular flexibility index (Phi) is 6.12. The summed E-state index contributed by atoms with van der Waals surface area (Å²) in [5, 5.41) is 13.5. The summed E-state index contributed by atoms with van der Waals surface area (Å²) in [5.74, 6) is 3.47. The number of phenols is 1. The normalized spacial score (nSPS) is 22.9. The second-order valence-electron chi connectivity index (χ2n) is 7.23. The van der Waals surface area contributed by atoms with Gasteiger partial charge < -0.3 is 24.8 Å². The molecular formula is C20H31N3O3. The van der Waals surface area contributed by atoms with Crippen LogP contribution in [0.15, 0.2) is 17.1 Å². The number of nitrogens with zero attached hydrogens (tertiary/aromatic N) is 2. The Labute approximate surface area is 156 Å². The molecule has 6 heteroatoms. The fourth-order valence-corrected chi connectivity index (χ4v) is 4.21. The summed E-state index contributed by atoms with van der Waals surface area (Å²) < 4.78 is 10.5. The van der Waals surface area contributed by atoms with E-state index in [-0.39, 0.29) is 5.75 Å². The fraction of sp³-hybridized carbons (Fsp3) is 0.650. The molecule has 0 aromatic heterocycles. The summed E-state index contributed by atoms with van der Waals surface area (Å²) in [6.45, 7) is 5.69. The van der Waals surface area contributed by atoms with Gasteiger partial charge in [-0.1, -0.05) is 12.8 Å². The summed E-state index contributed by atoms with van der Waals surface area (Å²) in [6, 6.07) is 3.63. The zero-order chi connectivity index (χ0) is 18.5. The summed E-state index contributed by atoms with van der Waals surface area (Å²) in [6.07, 6.45) is 5.45. The summed E-state index contributed by atoms with van der Waals surface area (Å²) >= 11 is 0. The Hall–Kier alpha value is -2.11. The molecule has 2 fully saturated rings. The fourth-order valence-electron chi connectivity index (χ4n) is 4.21. The van der Waals surface area contributed by atoms with Crippen molar-refractivity contribution in [2.75, 3.05) is 33.9 Å².